The van der Waals surface area contributed by atoms with Crippen molar-refractivity contribution in [3.05, 3.63) is 35.4 Å². The summed E-state index contributed by atoms with van der Waals surface area (Å²) in [5, 5.41) is 0. The Morgan fingerprint density at radius 3 is 2.39 bits per heavy atom. The monoisotopic (exact) mass is 269 g/mol. The molecule has 0 aliphatic carbocycles. The highest BCUT2D eigenvalue weighted by atomic mass is 28.2. The minimum atomic E-state index is -0.531. The maximum absolute atomic E-state index is 13.4. The molecular weight excluding hydrogens is 250 g/mol. The lowest BCUT2D eigenvalue weighted by molar-refractivity contribution is 0.0591. The van der Waals surface area contributed by atoms with Crippen molar-refractivity contribution in [3.8, 4) is 0 Å². The van der Waals surface area contributed by atoms with E-state index in [9.17, 15) is 8.78 Å². The molecule has 18 heavy (non-hydrogen) atoms. The van der Waals surface area contributed by atoms with Gasteiger partial charge in [0.1, 0.15) is 11.6 Å². The molecular formula is C14H19F2OSi. The average Bonchev–Trinajstić information content (AvgIpc) is 2.38. The third-order valence-electron chi connectivity index (χ3n) is 3.60. The molecule has 1 rings (SSSR count). The van der Waals surface area contributed by atoms with Crippen LogP contribution in [0.4, 0.5) is 8.78 Å². The van der Waals surface area contributed by atoms with E-state index in [-0.39, 0.29) is 5.60 Å². The van der Waals surface area contributed by atoms with Crippen LogP contribution in [0.3, 0.4) is 0 Å². The van der Waals surface area contributed by atoms with E-state index >= 15 is 0 Å². The first-order chi connectivity index (χ1) is 8.56. The summed E-state index contributed by atoms with van der Waals surface area (Å²) in [6, 6.07) is 3.74. The van der Waals surface area contributed by atoms with Crippen molar-refractivity contribution < 1.29 is 13.2 Å². The zero-order chi connectivity index (χ0) is 13.6. The lowest BCUT2D eigenvalue weighted by Gasteiger charge is -2.30. The predicted octanol–water partition coefficient (Wildman–Crippen LogP) is 3.95. The molecule has 0 N–H and O–H groups in total. The Morgan fingerprint density at radius 1 is 1.22 bits per heavy atom. The van der Waals surface area contributed by atoms with Crippen molar-refractivity contribution in [1.82, 2.24) is 0 Å². The minimum absolute atomic E-state index is 0.187. The molecule has 0 saturated carbocycles. The summed E-state index contributed by atoms with van der Waals surface area (Å²) >= 11 is 0. The highest BCUT2D eigenvalue weighted by Gasteiger charge is 2.24. The van der Waals surface area contributed by atoms with Crippen LogP contribution in [0.1, 0.15) is 45.1 Å². The molecule has 0 amide bonds. The summed E-state index contributed by atoms with van der Waals surface area (Å²) in [5.74, 6) is -0.996. The molecule has 99 valence electrons. The van der Waals surface area contributed by atoms with Crippen LogP contribution in [0.25, 0.3) is 0 Å². The molecule has 0 aliphatic heterocycles. The summed E-state index contributed by atoms with van der Waals surface area (Å²) in [6.45, 7) is 4.14. The fourth-order valence-corrected chi connectivity index (χ4v) is 2.52. The third kappa shape index (κ3) is 3.88. The molecule has 0 aliphatic rings. The van der Waals surface area contributed by atoms with E-state index in [2.05, 4.69) is 24.3 Å². The Kier molecular flexibility index (Phi) is 5.95. The van der Waals surface area contributed by atoms with Crippen molar-refractivity contribution in [2.45, 2.75) is 51.6 Å². The Morgan fingerprint density at radius 2 is 1.89 bits per heavy atom. The standard InChI is InChI=1S/C14H19F2OSi/c1-3-14(4-2,17-18)9-5-6-11-7-8-12(15)10-13(11)16/h7-8,10H,3-6,9H2,1-2H3. The molecule has 0 saturated heterocycles. The van der Waals surface area contributed by atoms with Crippen molar-refractivity contribution in [3.63, 3.8) is 0 Å². The molecule has 0 atom stereocenters. The van der Waals surface area contributed by atoms with Gasteiger partial charge in [0.25, 0.3) is 0 Å². The van der Waals surface area contributed by atoms with E-state index in [1.165, 1.54) is 12.1 Å². The zero-order valence-corrected chi connectivity index (χ0v) is 11.9. The molecule has 1 nitrogen and oxygen atoms in total. The molecule has 0 spiro atoms. The molecule has 4 heteroatoms. The average molecular weight is 269 g/mol. The van der Waals surface area contributed by atoms with Gasteiger partial charge in [-0.1, -0.05) is 19.9 Å². The van der Waals surface area contributed by atoms with E-state index in [1.807, 2.05) is 0 Å². The maximum Gasteiger partial charge on any atom is 0.247 e. The van der Waals surface area contributed by atoms with Gasteiger partial charge in [0.15, 0.2) is 0 Å². The van der Waals surface area contributed by atoms with Crippen LogP contribution in [0.15, 0.2) is 18.2 Å². The fourth-order valence-electron chi connectivity index (χ4n) is 2.12. The van der Waals surface area contributed by atoms with E-state index in [0.29, 0.717) is 12.0 Å². The second-order valence-electron chi connectivity index (χ2n) is 4.58. The first-order valence-corrected chi connectivity index (χ1v) is 6.76. The van der Waals surface area contributed by atoms with Gasteiger partial charge >= 0.3 is 0 Å². The third-order valence-corrected chi connectivity index (χ3v) is 4.03. The summed E-state index contributed by atoms with van der Waals surface area (Å²) in [5.41, 5.74) is 0.374. The smallest absolute Gasteiger partial charge is 0.247 e. The molecule has 0 aromatic heterocycles. The lowest BCUT2D eigenvalue weighted by atomic mass is 9.90. The van der Waals surface area contributed by atoms with Crippen LogP contribution in [-0.4, -0.2) is 16.1 Å². The van der Waals surface area contributed by atoms with Gasteiger partial charge in [-0.3, -0.25) is 0 Å². The molecule has 3 radical (unpaired) electrons. The fraction of sp³-hybridized carbons (Fsp3) is 0.571. The molecule has 0 bridgehead atoms. The van der Waals surface area contributed by atoms with Crippen LogP contribution in [0.5, 0.6) is 0 Å². The van der Waals surface area contributed by atoms with E-state index in [4.69, 9.17) is 4.43 Å². The second-order valence-corrected chi connectivity index (χ2v) is 4.79. The predicted molar refractivity (Wildman–Crippen MR) is 69.4 cm³/mol. The topological polar surface area (TPSA) is 9.23 Å². The Bertz CT molecular complexity index is 370. The minimum Gasteiger partial charge on any atom is -0.413 e. The number of halogens is 2. The van der Waals surface area contributed by atoms with Crippen molar-refractivity contribution >= 4 is 10.5 Å². The number of aryl methyl sites for hydroxylation is 1. The Hall–Kier alpha value is -0.743. The highest BCUT2D eigenvalue weighted by Crippen LogP contribution is 2.26. The zero-order valence-electron chi connectivity index (χ0n) is 10.9. The van der Waals surface area contributed by atoms with E-state index in [1.54, 1.807) is 0 Å². The van der Waals surface area contributed by atoms with Gasteiger partial charge in [0.05, 0.1) is 5.60 Å². The summed E-state index contributed by atoms with van der Waals surface area (Å²) in [7, 11) is 3.13. The van der Waals surface area contributed by atoms with Gasteiger partial charge in [-0.15, -0.1) is 0 Å². The Labute approximate surface area is 111 Å². The van der Waals surface area contributed by atoms with Crippen LogP contribution >= 0.6 is 0 Å². The van der Waals surface area contributed by atoms with Gasteiger partial charge in [-0.05, 0) is 43.7 Å². The summed E-state index contributed by atoms with van der Waals surface area (Å²) in [4.78, 5) is 0. The number of hydrogen-bond acceptors (Lipinski definition) is 1. The molecule has 0 heterocycles. The summed E-state index contributed by atoms with van der Waals surface area (Å²) in [6.07, 6.45) is 4.07. The molecule has 0 fully saturated rings. The lowest BCUT2D eigenvalue weighted by Crippen LogP contribution is -2.30. The first kappa shape index (κ1) is 15.3. The maximum atomic E-state index is 13.4. The van der Waals surface area contributed by atoms with Crippen LogP contribution < -0.4 is 0 Å². The van der Waals surface area contributed by atoms with Gasteiger partial charge in [-0.25, -0.2) is 8.78 Å². The number of benzene rings is 1. The second kappa shape index (κ2) is 7.00. The number of hydrogen-bond donors (Lipinski definition) is 0. The normalized spacial score (nSPS) is 11.8. The van der Waals surface area contributed by atoms with Crippen LogP contribution in [0, 0.1) is 11.6 Å². The van der Waals surface area contributed by atoms with Crippen molar-refractivity contribution in [1.29, 1.82) is 0 Å². The first-order valence-electron chi connectivity index (χ1n) is 6.35. The molecule has 1 aromatic carbocycles. The van der Waals surface area contributed by atoms with Crippen molar-refractivity contribution in [2.75, 3.05) is 0 Å². The summed E-state index contributed by atoms with van der Waals surface area (Å²) < 4.78 is 31.6. The number of rotatable bonds is 7. The van der Waals surface area contributed by atoms with Gasteiger partial charge < -0.3 is 4.43 Å². The van der Waals surface area contributed by atoms with Crippen LogP contribution in [0.2, 0.25) is 0 Å². The van der Waals surface area contributed by atoms with Gasteiger partial charge in [-0.2, -0.15) is 0 Å². The quantitative estimate of drug-likeness (QED) is 0.681. The van der Waals surface area contributed by atoms with Gasteiger partial charge in [0.2, 0.25) is 10.5 Å². The highest BCUT2D eigenvalue weighted by molar-refractivity contribution is 5.98. The largest absolute Gasteiger partial charge is 0.413 e. The van der Waals surface area contributed by atoms with Gasteiger partial charge in [0, 0.05) is 6.07 Å². The van der Waals surface area contributed by atoms with Crippen LogP contribution in [-0.2, 0) is 10.8 Å². The molecule has 0 unspecified atom stereocenters. The van der Waals surface area contributed by atoms with Crippen molar-refractivity contribution in [2.24, 2.45) is 0 Å². The SMILES string of the molecule is CCC(CC)(CCCc1ccc(F)cc1F)O[Si]. The molecule has 1 aromatic rings. The van der Waals surface area contributed by atoms with E-state index < -0.39 is 11.6 Å². The Balaban J connectivity index is 2.55. The van der Waals surface area contributed by atoms with E-state index in [0.717, 1.165) is 31.7 Å².